The van der Waals surface area contributed by atoms with Crippen LogP contribution in [0.1, 0.15) is 45.4 Å². The Morgan fingerprint density at radius 2 is 2.05 bits per heavy atom. The van der Waals surface area contributed by atoms with Gasteiger partial charge in [0.25, 0.3) is 0 Å². The van der Waals surface area contributed by atoms with Gasteiger partial charge in [-0.25, -0.2) is 0 Å². The average Bonchev–Trinajstić information content (AvgIpc) is 2.82. The van der Waals surface area contributed by atoms with E-state index in [1.54, 1.807) is 6.26 Å². The lowest BCUT2D eigenvalue weighted by Crippen LogP contribution is -2.40. The van der Waals surface area contributed by atoms with Crippen molar-refractivity contribution in [1.29, 1.82) is 0 Å². The number of rotatable bonds is 10. The Balaban J connectivity index is 2.13. The molecule has 0 aromatic heterocycles. The molecule has 1 saturated heterocycles. The van der Waals surface area contributed by atoms with Gasteiger partial charge >= 0.3 is 0 Å². The lowest BCUT2D eigenvalue weighted by molar-refractivity contribution is -0.0689. The third-order valence-corrected chi connectivity index (χ3v) is 3.56. The molecule has 5 nitrogen and oxygen atoms in total. The van der Waals surface area contributed by atoms with Crippen molar-refractivity contribution >= 4 is 0 Å². The van der Waals surface area contributed by atoms with Crippen molar-refractivity contribution in [3.63, 3.8) is 0 Å². The predicted octanol–water partition coefficient (Wildman–Crippen LogP) is 1.36. The second-order valence-electron chi connectivity index (χ2n) is 5.29. The molecule has 0 aromatic carbocycles. The fourth-order valence-electron chi connectivity index (χ4n) is 2.27. The summed E-state index contributed by atoms with van der Waals surface area (Å²) in [6.45, 7) is 2.00. The summed E-state index contributed by atoms with van der Waals surface area (Å²) in [4.78, 5) is 0. The van der Waals surface area contributed by atoms with Crippen LogP contribution in [0.2, 0.25) is 0 Å². The zero-order valence-corrected chi connectivity index (χ0v) is 12.3. The maximum absolute atomic E-state index is 9.90. The highest BCUT2D eigenvalue weighted by atomic mass is 16.6. The fraction of sp³-hybridized carbons (Fsp3) is 0.867. The first kappa shape index (κ1) is 17.4. The van der Waals surface area contributed by atoms with E-state index in [9.17, 15) is 10.2 Å². The SMILES string of the molecule is CCCCCCC/C=C/O[C@@H]1CO[C@H]([C@@H](O)CO)[C@@H]1O. The standard InChI is InChI=1S/C15H28O5/c1-2-3-4-5-6-7-8-9-19-13-11-20-15(14(13)18)12(17)10-16/h8-9,12-18H,2-7,10-11H2,1H3/b9-8+/t12-,13+,14+,15+/m0/s1. The Kier molecular flexibility index (Phi) is 8.85. The van der Waals surface area contributed by atoms with E-state index in [1.807, 2.05) is 6.08 Å². The van der Waals surface area contributed by atoms with Crippen LogP contribution in [-0.4, -0.2) is 52.9 Å². The van der Waals surface area contributed by atoms with Crippen LogP contribution in [0, 0.1) is 0 Å². The molecule has 1 heterocycles. The molecule has 0 amide bonds. The number of unbranched alkanes of at least 4 members (excludes halogenated alkanes) is 5. The summed E-state index contributed by atoms with van der Waals surface area (Å²) in [6, 6.07) is 0. The molecule has 1 aliphatic rings. The van der Waals surface area contributed by atoms with Crippen LogP contribution in [0.25, 0.3) is 0 Å². The summed E-state index contributed by atoms with van der Waals surface area (Å²) in [5, 5.41) is 28.2. The van der Waals surface area contributed by atoms with E-state index in [4.69, 9.17) is 14.6 Å². The van der Waals surface area contributed by atoms with Gasteiger partial charge in [-0.05, 0) is 18.9 Å². The summed E-state index contributed by atoms with van der Waals surface area (Å²) < 4.78 is 10.7. The maximum Gasteiger partial charge on any atom is 0.149 e. The van der Waals surface area contributed by atoms with Gasteiger partial charge in [0, 0.05) is 0 Å². The van der Waals surface area contributed by atoms with Crippen LogP contribution in [-0.2, 0) is 9.47 Å². The largest absolute Gasteiger partial charge is 0.493 e. The van der Waals surface area contributed by atoms with E-state index < -0.39 is 31.0 Å². The third kappa shape index (κ3) is 5.79. The minimum absolute atomic E-state index is 0.226. The zero-order chi connectivity index (χ0) is 14.8. The summed E-state index contributed by atoms with van der Waals surface area (Å²) >= 11 is 0. The molecule has 5 heteroatoms. The highest BCUT2D eigenvalue weighted by Crippen LogP contribution is 2.20. The Morgan fingerprint density at radius 3 is 2.75 bits per heavy atom. The first-order chi connectivity index (χ1) is 9.70. The second kappa shape index (κ2) is 10.2. The highest BCUT2D eigenvalue weighted by Gasteiger charge is 2.40. The van der Waals surface area contributed by atoms with E-state index in [0.717, 1.165) is 12.8 Å². The van der Waals surface area contributed by atoms with Crippen molar-refractivity contribution in [1.82, 2.24) is 0 Å². The minimum Gasteiger partial charge on any atom is -0.493 e. The van der Waals surface area contributed by atoms with Gasteiger partial charge in [-0.3, -0.25) is 0 Å². The molecule has 0 bridgehead atoms. The molecular formula is C15H28O5. The second-order valence-corrected chi connectivity index (χ2v) is 5.29. The van der Waals surface area contributed by atoms with Gasteiger partial charge in [-0.2, -0.15) is 0 Å². The lowest BCUT2D eigenvalue weighted by atomic mass is 10.1. The molecule has 0 spiro atoms. The molecule has 3 N–H and O–H groups in total. The average molecular weight is 288 g/mol. The van der Waals surface area contributed by atoms with Gasteiger partial charge in [-0.1, -0.05) is 32.6 Å². The molecule has 4 atom stereocenters. The Labute approximate surface area is 121 Å². The molecular weight excluding hydrogens is 260 g/mol. The van der Waals surface area contributed by atoms with E-state index in [1.165, 1.54) is 25.7 Å². The number of hydrogen-bond donors (Lipinski definition) is 3. The molecule has 1 rings (SSSR count). The van der Waals surface area contributed by atoms with Crippen molar-refractivity contribution in [2.45, 2.75) is 69.9 Å². The third-order valence-electron chi connectivity index (χ3n) is 3.56. The fourth-order valence-corrected chi connectivity index (χ4v) is 2.27. The van der Waals surface area contributed by atoms with Crippen LogP contribution in [0.15, 0.2) is 12.3 Å². The van der Waals surface area contributed by atoms with Crippen molar-refractivity contribution < 1.29 is 24.8 Å². The maximum atomic E-state index is 9.90. The van der Waals surface area contributed by atoms with Crippen molar-refractivity contribution in [3.05, 3.63) is 12.3 Å². The molecule has 0 saturated carbocycles. The first-order valence-electron chi connectivity index (χ1n) is 7.59. The minimum atomic E-state index is -1.07. The van der Waals surface area contributed by atoms with E-state index >= 15 is 0 Å². The van der Waals surface area contributed by atoms with Crippen LogP contribution in [0.5, 0.6) is 0 Å². The van der Waals surface area contributed by atoms with Gasteiger partial charge in [-0.15, -0.1) is 0 Å². The van der Waals surface area contributed by atoms with Gasteiger partial charge < -0.3 is 24.8 Å². The summed E-state index contributed by atoms with van der Waals surface area (Å²) in [7, 11) is 0. The number of aliphatic hydroxyl groups excluding tert-OH is 3. The van der Waals surface area contributed by atoms with Crippen molar-refractivity contribution in [2.75, 3.05) is 13.2 Å². The molecule has 20 heavy (non-hydrogen) atoms. The van der Waals surface area contributed by atoms with E-state index in [2.05, 4.69) is 6.92 Å². The normalized spacial score (nSPS) is 28.1. The van der Waals surface area contributed by atoms with Gasteiger partial charge in [0.2, 0.25) is 0 Å². The molecule has 1 aliphatic heterocycles. The molecule has 0 unspecified atom stereocenters. The summed E-state index contributed by atoms with van der Waals surface area (Å²) in [6.07, 6.45) is 7.50. The van der Waals surface area contributed by atoms with E-state index in [0.29, 0.717) is 0 Å². The molecule has 0 aliphatic carbocycles. The highest BCUT2D eigenvalue weighted by molar-refractivity contribution is 4.90. The van der Waals surface area contributed by atoms with Crippen LogP contribution < -0.4 is 0 Å². The predicted molar refractivity (Wildman–Crippen MR) is 76.2 cm³/mol. The molecule has 0 radical (unpaired) electrons. The summed E-state index contributed by atoms with van der Waals surface area (Å²) in [5.74, 6) is 0. The topological polar surface area (TPSA) is 79.2 Å². The molecule has 118 valence electrons. The monoisotopic (exact) mass is 288 g/mol. The first-order valence-corrected chi connectivity index (χ1v) is 7.59. The van der Waals surface area contributed by atoms with Crippen LogP contribution in [0.3, 0.4) is 0 Å². The number of allylic oxidation sites excluding steroid dienone is 1. The van der Waals surface area contributed by atoms with Gasteiger partial charge in [0.15, 0.2) is 0 Å². The summed E-state index contributed by atoms with van der Waals surface area (Å²) in [5.41, 5.74) is 0. The zero-order valence-electron chi connectivity index (χ0n) is 12.3. The Bertz CT molecular complexity index is 269. The number of aliphatic hydroxyl groups is 3. The quantitative estimate of drug-likeness (QED) is 0.418. The molecule has 1 fully saturated rings. The Morgan fingerprint density at radius 1 is 1.30 bits per heavy atom. The lowest BCUT2D eigenvalue weighted by Gasteiger charge is -2.20. The van der Waals surface area contributed by atoms with Crippen molar-refractivity contribution in [3.8, 4) is 0 Å². The van der Waals surface area contributed by atoms with Gasteiger partial charge in [0.1, 0.15) is 24.4 Å². The number of hydrogen-bond acceptors (Lipinski definition) is 5. The number of ether oxygens (including phenoxy) is 2. The molecule has 0 aromatic rings. The van der Waals surface area contributed by atoms with E-state index in [-0.39, 0.29) is 6.61 Å². The smallest absolute Gasteiger partial charge is 0.149 e. The van der Waals surface area contributed by atoms with Gasteiger partial charge in [0.05, 0.1) is 19.5 Å². The van der Waals surface area contributed by atoms with Crippen molar-refractivity contribution in [2.24, 2.45) is 0 Å². The van der Waals surface area contributed by atoms with Crippen LogP contribution >= 0.6 is 0 Å². The van der Waals surface area contributed by atoms with Crippen LogP contribution in [0.4, 0.5) is 0 Å². The Hall–Kier alpha value is -0.620.